The fraction of sp³-hybridized carbons (Fsp3) is 1.00. The van der Waals surface area contributed by atoms with Crippen molar-refractivity contribution in [1.82, 2.24) is 16.0 Å². The van der Waals surface area contributed by atoms with Gasteiger partial charge in [-0.1, -0.05) is 13.8 Å². The summed E-state index contributed by atoms with van der Waals surface area (Å²) in [6, 6.07) is -1.49. The highest BCUT2D eigenvalue weighted by atomic mass is 16.8. The van der Waals surface area contributed by atoms with Crippen molar-refractivity contribution in [2.24, 2.45) is 5.92 Å². The van der Waals surface area contributed by atoms with Crippen LogP contribution in [0.15, 0.2) is 0 Å². The summed E-state index contributed by atoms with van der Waals surface area (Å²) < 4.78 is 18.1. The van der Waals surface area contributed by atoms with E-state index in [9.17, 15) is 15.3 Å². The zero-order chi connectivity index (χ0) is 20.6. The molecule has 0 aromatic heterocycles. The Morgan fingerprint density at radius 2 is 1.71 bits per heavy atom. The zero-order valence-electron chi connectivity index (χ0n) is 17.5. The van der Waals surface area contributed by atoms with Crippen molar-refractivity contribution in [3.05, 3.63) is 0 Å². The SMILES string of the molecule is CNC1C(O)C(NC)C2OC3(O)C(NCCC(C)C)CC(C)OC3OC2C1O. The summed E-state index contributed by atoms with van der Waals surface area (Å²) in [5.41, 5.74) is 0. The minimum Gasteiger partial charge on any atom is -0.390 e. The Bertz CT molecular complexity index is 526. The van der Waals surface area contributed by atoms with E-state index in [0.717, 1.165) is 13.0 Å². The second-order valence-corrected chi connectivity index (χ2v) is 8.75. The van der Waals surface area contributed by atoms with E-state index in [1.54, 1.807) is 14.1 Å². The van der Waals surface area contributed by atoms with E-state index in [1.807, 2.05) is 6.92 Å². The van der Waals surface area contributed by atoms with E-state index in [-0.39, 0.29) is 12.1 Å². The van der Waals surface area contributed by atoms with Gasteiger partial charge in [-0.05, 0) is 46.3 Å². The molecule has 3 aliphatic rings. The predicted molar refractivity (Wildman–Crippen MR) is 103 cm³/mol. The van der Waals surface area contributed by atoms with Gasteiger partial charge in [0.1, 0.15) is 18.3 Å². The van der Waals surface area contributed by atoms with Crippen molar-refractivity contribution in [1.29, 1.82) is 0 Å². The van der Waals surface area contributed by atoms with Crippen LogP contribution in [0.25, 0.3) is 0 Å². The van der Waals surface area contributed by atoms with E-state index in [4.69, 9.17) is 14.2 Å². The molecule has 2 aliphatic heterocycles. The Labute approximate surface area is 167 Å². The molecule has 9 nitrogen and oxygen atoms in total. The van der Waals surface area contributed by atoms with Gasteiger partial charge in [0.05, 0.1) is 30.3 Å². The highest BCUT2D eigenvalue weighted by Gasteiger charge is 2.63. The number of ether oxygens (including phenoxy) is 3. The number of fused-ring (bicyclic) bond motifs is 2. The third-order valence-corrected chi connectivity index (χ3v) is 6.26. The molecule has 0 spiro atoms. The van der Waals surface area contributed by atoms with Gasteiger partial charge in [0.15, 0.2) is 0 Å². The lowest BCUT2D eigenvalue weighted by atomic mass is 9.79. The summed E-state index contributed by atoms with van der Waals surface area (Å²) >= 11 is 0. The lowest BCUT2D eigenvalue weighted by molar-refractivity contribution is -0.449. The summed E-state index contributed by atoms with van der Waals surface area (Å²) in [4.78, 5) is 0. The molecule has 2 saturated heterocycles. The number of hydrogen-bond acceptors (Lipinski definition) is 9. The molecule has 10 unspecified atom stereocenters. The largest absolute Gasteiger partial charge is 0.390 e. The molecule has 0 bridgehead atoms. The van der Waals surface area contributed by atoms with Crippen LogP contribution in [0.1, 0.15) is 33.6 Å². The summed E-state index contributed by atoms with van der Waals surface area (Å²) in [5.74, 6) is -1.16. The highest BCUT2D eigenvalue weighted by Crippen LogP contribution is 2.41. The maximum Gasteiger partial charge on any atom is 0.234 e. The van der Waals surface area contributed by atoms with Gasteiger partial charge in [-0.3, -0.25) is 0 Å². The summed E-state index contributed by atoms with van der Waals surface area (Å²) in [6.07, 6.45) is -3.00. The van der Waals surface area contributed by atoms with Gasteiger partial charge in [-0.25, -0.2) is 0 Å². The molecule has 1 aliphatic carbocycles. The number of likely N-dealkylation sites (N-methyl/N-ethyl adjacent to an activating group) is 2. The maximum atomic E-state index is 11.4. The average molecular weight is 404 g/mol. The van der Waals surface area contributed by atoms with Crippen LogP contribution in [-0.4, -0.2) is 96.7 Å². The van der Waals surface area contributed by atoms with Gasteiger partial charge < -0.3 is 45.5 Å². The molecule has 0 amide bonds. The summed E-state index contributed by atoms with van der Waals surface area (Å²) in [7, 11) is 3.39. The van der Waals surface area contributed by atoms with Crippen LogP contribution in [0.4, 0.5) is 0 Å². The van der Waals surface area contributed by atoms with Gasteiger partial charge in [0, 0.05) is 0 Å². The number of nitrogens with one attached hydrogen (secondary N) is 3. The topological polar surface area (TPSA) is 124 Å². The van der Waals surface area contributed by atoms with Crippen LogP contribution in [0, 0.1) is 5.92 Å². The van der Waals surface area contributed by atoms with Crippen molar-refractivity contribution in [2.45, 2.75) is 94.3 Å². The Morgan fingerprint density at radius 3 is 2.32 bits per heavy atom. The lowest BCUT2D eigenvalue weighted by Gasteiger charge is -2.58. The molecular weight excluding hydrogens is 366 g/mol. The maximum absolute atomic E-state index is 11.4. The fourth-order valence-corrected chi connectivity index (χ4v) is 4.63. The van der Waals surface area contributed by atoms with Crippen molar-refractivity contribution in [3.8, 4) is 0 Å². The van der Waals surface area contributed by atoms with Crippen LogP contribution in [0.3, 0.4) is 0 Å². The lowest BCUT2D eigenvalue weighted by Crippen LogP contribution is -2.79. The first kappa shape index (κ1) is 22.3. The smallest absolute Gasteiger partial charge is 0.234 e. The number of aliphatic hydroxyl groups is 3. The van der Waals surface area contributed by atoms with Crippen LogP contribution >= 0.6 is 0 Å². The summed E-state index contributed by atoms with van der Waals surface area (Å²) in [6.45, 7) is 6.97. The van der Waals surface area contributed by atoms with E-state index in [1.165, 1.54) is 0 Å². The quantitative estimate of drug-likeness (QED) is 0.315. The Morgan fingerprint density at radius 1 is 1.04 bits per heavy atom. The minimum absolute atomic E-state index is 0.131. The molecule has 1 saturated carbocycles. The minimum atomic E-state index is -1.70. The van der Waals surface area contributed by atoms with Crippen LogP contribution in [0.5, 0.6) is 0 Å². The van der Waals surface area contributed by atoms with Crippen molar-refractivity contribution in [2.75, 3.05) is 20.6 Å². The highest BCUT2D eigenvalue weighted by molar-refractivity contribution is 5.10. The zero-order valence-corrected chi connectivity index (χ0v) is 17.5. The predicted octanol–water partition coefficient (Wildman–Crippen LogP) is -1.49. The molecular formula is C19H37N3O6. The second kappa shape index (κ2) is 8.79. The second-order valence-electron chi connectivity index (χ2n) is 8.75. The van der Waals surface area contributed by atoms with Crippen LogP contribution < -0.4 is 16.0 Å². The molecule has 0 aromatic rings. The van der Waals surface area contributed by atoms with Gasteiger partial charge >= 0.3 is 0 Å². The number of aliphatic hydroxyl groups excluding tert-OH is 2. The average Bonchev–Trinajstić information content (AvgIpc) is 2.62. The van der Waals surface area contributed by atoms with Crippen molar-refractivity contribution < 1.29 is 29.5 Å². The molecule has 2 heterocycles. The van der Waals surface area contributed by atoms with E-state index < -0.39 is 48.6 Å². The Kier molecular flexibility index (Phi) is 7.01. The molecule has 6 N–H and O–H groups in total. The molecule has 10 atom stereocenters. The van der Waals surface area contributed by atoms with Gasteiger partial charge in [-0.15, -0.1) is 0 Å². The molecule has 9 heteroatoms. The van der Waals surface area contributed by atoms with Crippen LogP contribution in [-0.2, 0) is 14.2 Å². The van der Waals surface area contributed by atoms with E-state index >= 15 is 0 Å². The number of rotatable bonds is 6. The van der Waals surface area contributed by atoms with Crippen molar-refractivity contribution >= 4 is 0 Å². The Balaban J connectivity index is 1.83. The molecule has 3 rings (SSSR count). The van der Waals surface area contributed by atoms with E-state index in [2.05, 4.69) is 29.8 Å². The van der Waals surface area contributed by atoms with Crippen LogP contribution in [0.2, 0.25) is 0 Å². The summed E-state index contributed by atoms with van der Waals surface area (Å²) in [5, 5.41) is 42.3. The van der Waals surface area contributed by atoms with E-state index in [0.29, 0.717) is 12.3 Å². The third kappa shape index (κ3) is 3.97. The Hall–Kier alpha value is -0.360. The monoisotopic (exact) mass is 403 g/mol. The standard InChI is InChI=1S/C19H37N3O6/c1-9(2)6-7-22-11-8-10(3)26-18-19(11,25)28-16-13(21-5)14(23)12(20-4)15(24)17(16)27-18/h9-18,20-25H,6-8H2,1-5H3. The third-order valence-electron chi connectivity index (χ3n) is 6.26. The van der Waals surface area contributed by atoms with Gasteiger partial charge in [-0.2, -0.15) is 0 Å². The molecule has 0 aromatic carbocycles. The molecule has 3 fully saturated rings. The number of hydrogen-bond donors (Lipinski definition) is 6. The van der Waals surface area contributed by atoms with Gasteiger partial charge in [0.2, 0.25) is 12.1 Å². The molecule has 0 radical (unpaired) electrons. The first-order valence-corrected chi connectivity index (χ1v) is 10.4. The normalized spacial score (nSPS) is 49.0. The van der Waals surface area contributed by atoms with Gasteiger partial charge in [0.25, 0.3) is 0 Å². The fourth-order valence-electron chi connectivity index (χ4n) is 4.63. The molecule has 28 heavy (non-hydrogen) atoms. The first-order chi connectivity index (χ1) is 13.2. The molecule has 164 valence electrons. The van der Waals surface area contributed by atoms with Crippen molar-refractivity contribution in [3.63, 3.8) is 0 Å². The first-order valence-electron chi connectivity index (χ1n) is 10.4.